The average Bonchev–Trinajstić information content (AvgIpc) is 3.48. The summed E-state index contributed by atoms with van der Waals surface area (Å²) in [5, 5.41) is 19.4. The van der Waals surface area contributed by atoms with Crippen molar-refractivity contribution in [1.29, 1.82) is 0 Å². The summed E-state index contributed by atoms with van der Waals surface area (Å²) < 4.78 is 17.6. The molecule has 0 amide bonds. The highest BCUT2D eigenvalue weighted by molar-refractivity contribution is 5.63. The van der Waals surface area contributed by atoms with Crippen LogP contribution in [0.15, 0.2) is 53.1 Å². The van der Waals surface area contributed by atoms with Gasteiger partial charge in [0.25, 0.3) is 5.89 Å². The van der Waals surface area contributed by atoms with Crippen molar-refractivity contribution in [3.63, 3.8) is 0 Å². The van der Waals surface area contributed by atoms with Crippen LogP contribution in [0.1, 0.15) is 11.1 Å². The smallest absolute Gasteiger partial charge is 0.390 e. The molecule has 0 aliphatic carbocycles. The molecule has 4 aromatic rings. The van der Waals surface area contributed by atoms with Crippen LogP contribution in [0.3, 0.4) is 0 Å². The van der Waals surface area contributed by atoms with Crippen molar-refractivity contribution in [1.82, 2.24) is 19.9 Å². The van der Waals surface area contributed by atoms with E-state index in [0.29, 0.717) is 35.1 Å². The summed E-state index contributed by atoms with van der Waals surface area (Å²) in [6, 6.07) is 14.5. The highest BCUT2D eigenvalue weighted by atomic mass is 16.7. The van der Waals surface area contributed by atoms with Gasteiger partial charge in [-0.3, -0.25) is 0 Å². The number of aryl methyl sites for hydroxylation is 1. The first kappa shape index (κ1) is 17.9. The van der Waals surface area contributed by atoms with E-state index >= 15 is 0 Å². The summed E-state index contributed by atoms with van der Waals surface area (Å²) in [4.78, 5) is 15.1. The normalized spacial score (nSPS) is 12.3. The molecular weight excluding hydrogens is 390 g/mol. The summed E-state index contributed by atoms with van der Waals surface area (Å²) in [7, 11) is 0. The average molecular weight is 405 g/mol. The van der Waals surface area contributed by atoms with Gasteiger partial charge in [0.15, 0.2) is 17.2 Å². The molecule has 0 bridgehead atoms. The molecule has 0 spiro atoms. The van der Waals surface area contributed by atoms with E-state index in [-0.39, 0.29) is 18.5 Å². The minimum absolute atomic E-state index is 0.135. The summed E-state index contributed by atoms with van der Waals surface area (Å²) in [6.45, 7) is 2.48. The van der Waals surface area contributed by atoms with E-state index in [1.165, 1.54) is 10.7 Å². The first-order valence-corrected chi connectivity index (χ1v) is 9.09. The van der Waals surface area contributed by atoms with Gasteiger partial charge in [-0.2, -0.15) is 9.67 Å². The second-order valence-corrected chi connectivity index (χ2v) is 6.78. The van der Waals surface area contributed by atoms with Gasteiger partial charge in [0.1, 0.15) is 0 Å². The van der Waals surface area contributed by atoms with Crippen LogP contribution < -0.4 is 9.47 Å². The van der Waals surface area contributed by atoms with Crippen molar-refractivity contribution in [3.8, 4) is 34.5 Å². The summed E-state index contributed by atoms with van der Waals surface area (Å²) in [6.07, 6.45) is 0. The van der Waals surface area contributed by atoms with E-state index in [0.717, 1.165) is 11.1 Å². The predicted molar refractivity (Wildman–Crippen MR) is 104 cm³/mol. The molecule has 2 aromatic heterocycles. The Morgan fingerprint density at radius 2 is 1.90 bits per heavy atom. The number of hydrogen-bond acceptors (Lipinski definition) is 8. The Morgan fingerprint density at radius 1 is 1.10 bits per heavy atom. The molecule has 0 N–H and O–H groups in total. The molecule has 10 nitrogen and oxygen atoms in total. The number of fused-ring (bicyclic) bond motifs is 1. The van der Waals surface area contributed by atoms with Crippen LogP contribution in [0, 0.1) is 17.0 Å². The fourth-order valence-electron chi connectivity index (χ4n) is 3.13. The predicted octanol–water partition coefficient (Wildman–Crippen LogP) is 3.59. The van der Waals surface area contributed by atoms with E-state index in [1.807, 2.05) is 31.2 Å². The molecule has 0 saturated heterocycles. The van der Waals surface area contributed by atoms with Gasteiger partial charge >= 0.3 is 5.82 Å². The Kier molecular flexibility index (Phi) is 4.16. The van der Waals surface area contributed by atoms with Gasteiger partial charge in [-0.15, -0.1) is 0 Å². The number of hydrogen-bond donors (Lipinski definition) is 0. The Balaban J connectivity index is 1.50. The highest BCUT2D eigenvalue weighted by Gasteiger charge is 2.25. The van der Waals surface area contributed by atoms with Gasteiger partial charge < -0.3 is 24.1 Å². The van der Waals surface area contributed by atoms with Crippen molar-refractivity contribution in [2.24, 2.45) is 0 Å². The molecular formula is C20H15N5O5. The summed E-state index contributed by atoms with van der Waals surface area (Å²) in [5.74, 6) is 1.41. The number of nitro groups is 1. The molecule has 1 aliphatic rings. The van der Waals surface area contributed by atoms with Crippen molar-refractivity contribution < 1.29 is 18.9 Å². The lowest BCUT2D eigenvalue weighted by Gasteiger charge is -2.01. The molecule has 0 atom stereocenters. The molecule has 0 radical (unpaired) electrons. The first-order valence-electron chi connectivity index (χ1n) is 9.09. The van der Waals surface area contributed by atoms with E-state index in [4.69, 9.17) is 14.0 Å². The fraction of sp³-hybridized carbons (Fsp3) is 0.150. The Bertz CT molecular complexity index is 1240. The quantitative estimate of drug-likeness (QED) is 0.365. The monoisotopic (exact) mass is 405 g/mol. The lowest BCUT2D eigenvalue weighted by molar-refractivity contribution is -0.389. The van der Waals surface area contributed by atoms with Crippen LogP contribution in [0.2, 0.25) is 0 Å². The first-order chi connectivity index (χ1) is 14.6. The third kappa shape index (κ3) is 3.24. The van der Waals surface area contributed by atoms with Crippen molar-refractivity contribution in [3.05, 3.63) is 69.8 Å². The number of ether oxygens (including phenoxy) is 2. The van der Waals surface area contributed by atoms with Crippen molar-refractivity contribution in [2.45, 2.75) is 13.5 Å². The number of benzene rings is 2. The lowest BCUT2D eigenvalue weighted by atomic mass is 10.1. The molecule has 0 fully saturated rings. The largest absolute Gasteiger partial charge is 0.454 e. The molecule has 5 rings (SSSR count). The van der Waals surface area contributed by atoms with E-state index in [1.54, 1.807) is 18.2 Å². The van der Waals surface area contributed by atoms with Gasteiger partial charge in [-0.25, -0.2) is 0 Å². The molecule has 3 heterocycles. The van der Waals surface area contributed by atoms with Gasteiger partial charge in [-0.1, -0.05) is 35.0 Å². The second kappa shape index (κ2) is 6.99. The van der Waals surface area contributed by atoms with Gasteiger partial charge in [0.2, 0.25) is 12.6 Å². The molecule has 10 heteroatoms. The Labute approximate surface area is 169 Å². The van der Waals surface area contributed by atoms with E-state index < -0.39 is 4.92 Å². The highest BCUT2D eigenvalue weighted by Crippen LogP contribution is 2.35. The van der Waals surface area contributed by atoms with Gasteiger partial charge in [0, 0.05) is 5.56 Å². The second-order valence-electron chi connectivity index (χ2n) is 6.78. The maximum atomic E-state index is 11.3. The van der Waals surface area contributed by atoms with Gasteiger partial charge in [0.05, 0.1) is 17.7 Å². The van der Waals surface area contributed by atoms with Crippen LogP contribution in [0.5, 0.6) is 11.5 Å². The zero-order valence-electron chi connectivity index (χ0n) is 15.8. The van der Waals surface area contributed by atoms with E-state index in [2.05, 4.69) is 15.2 Å². The number of nitrogens with zero attached hydrogens (tertiary/aromatic N) is 5. The molecule has 150 valence electrons. The fourth-order valence-corrected chi connectivity index (χ4v) is 3.13. The van der Waals surface area contributed by atoms with Crippen LogP contribution in [-0.2, 0) is 6.54 Å². The van der Waals surface area contributed by atoms with Gasteiger partial charge in [-0.05, 0) is 35.6 Å². The van der Waals surface area contributed by atoms with Crippen LogP contribution in [0.25, 0.3) is 23.0 Å². The minimum atomic E-state index is -0.551. The third-order valence-corrected chi connectivity index (χ3v) is 4.68. The third-order valence-electron chi connectivity index (χ3n) is 4.68. The molecule has 2 aromatic carbocycles. The maximum Gasteiger partial charge on any atom is 0.390 e. The lowest BCUT2D eigenvalue weighted by Crippen LogP contribution is -2.04. The molecule has 0 unspecified atom stereocenters. The summed E-state index contributed by atoms with van der Waals surface area (Å²) in [5.41, 5.74) is 3.10. The number of rotatable bonds is 5. The Morgan fingerprint density at radius 3 is 2.70 bits per heavy atom. The molecule has 0 saturated carbocycles. The SMILES string of the molecule is Cc1ccc(Cn2nc([N+](=O)[O-])cc2-c2nc(-c3ccc4c(c3)OCO4)no2)cc1. The van der Waals surface area contributed by atoms with Crippen molar-refractivity contribution in [2.75, 3.05) is 6.79 Å². The topological polar surface area (TPSA) is 118 Å². The van der Waals surface area contributed by atoms with Crippen LogP contribution in [-0.4, -0.2) is 31.6 Å². The minimum Gasteiger partial charge on any atom is -0.454 e. The van der Waals surface area contributed by atoms with Crippen LogP contribution in [0.4, 0.5) is 5.82 Å². The molecule has 1 aliphatic heterocycles. The Hall–Kier alpha value is -4.21. The standard InChI is InChI=1S/C20H15N5O5/c1-12-2-4-13(5-3-12)10-24-15(9-18(22-24)25(26)27)20-21-19(23-30-20)14-6-7-16-17(8-14)29-11-28-16/h2-9H,10-11H2,1H3. The molecule has 30 heavy (non-hydrogen) atoms. The zero-order chi connectivity index (χ0) is 20.7. The maximum absolute atomic E-state index is 11.3. The zero-order valence-corrected chi connectivity index (χ0v) is 15.8. The van der Waals surface area contributed by atoms with E-state index in [9.17, 15) is 10.1 Å². The van der Waals surface area contributed by atoms with Crippen molar-refractivity contribution >= 4 is 5.82 Å². The van der Waals surface area contributed by atoms with Crippen LogP contribution >= 0.6 is 0 Å². The summed E-state index contributed by atoms with van der Waals surface area (Å²) >= 11 is 0. The number of aromatic nitrogens is 4.